The molecule has 0 aliphatic rings. The fraction of sp³-hybridized carbons (Fsp3) is 0.231. The lowest BCUT2D eigenvalue weighted by Gasteiger charge is -2.11. The van der Waals surface area contributed by atoms with Crippen LogP contribution in [0.5, 0.6) is 0 Å². The van der Waals surface area contributed by atoms with Crippen molar-refractivity contribution in [1.82, 2.24) is 10.2 Å². The van der Waals surface area contributed by atoms with E-state index in [2.05, 4.69) is 20.8 Å². The first-order valence-corrected chi connectivity index (χ1v) is 6.05. The second-order valence-electron chi connectivity index (χ2n) is 4.03. The number of hydrogen-bond donors (Lipinski definition) is 3. The number of aromatic amines is 1. The molecule has 6 heteroatoms. The summed E-state index contributed by atoms with van der Waals surface area (Å²) in [4.78, 5) is 12.1. The molecule has 2 aromatic rings. The molecule has 1 amide bonds. The number of H-pyrrole nitrogens is 1. The Hall–Kier alpha value is -2.37. The molecule has 1 aromatic heterocycles. The maximum Gasteiger partial charge on any atom is 0.257 e. The van der Waals surface area contributed by atoms with Crippen LogP contribution in [0.3, 0.4) is 0 Å². The van der Waals surface area contributed by atoms with Gasteiger partial charge in [0, 0.05) is 12.7 Å². The molecule has 5 nitrogen and oxygen atoms in total. The summed E-state index contributed by atoms with van der Waals surface area (Å²) < 4.78 is 13.8. The molecule has 100 valence electrons. The van der Waals surface area contributed by atoms with Crippen LogP contribution in [-0.2, 0) is 0 Å². The first kappa shape index (κ1) is 13.1. The van der Waals surface area contributed by atoms with Gasteiger partial charge in [0.1, 0.15) is 5.82 Å². The fourth-order valence-corrected chi connectivity index (χ4v) is 1.66. The van der Waals surface area contributed by atoms with Gasteiger partial charge in [0.2, 0.25) is 0 Å². The van der Waals surface area contributed by atoms with Crippen LogP contribution in [0.4, 0.5) is 15.8 Å². The Morgan fingerprint density at radius 2 is 2.32 bits per heavy atom. The van der Waals surface area contributed by atoms with Crippen molar-refractivity contribution in [3.05, 3.63) is 42.0 Å². The van der Waals surface area contributed by atoms with Gasteiger partial charge >= 0.3 is 0 Å². The van der Waals surface area contributed by atoms with Gasteiger partial charge in [-0.05, 0) is 18.6 Å². The third-order valence-corrected chi connectivity index (χ3v) is 2.57. The standard InChI is InChI=1S/C13H15FN4O/c1-2-6-15-12-10(4-3-5-11(12)14)13(19)18-9-7-16-17-8-9/h3-5,7-8,15H,2,6H2,1H3,(H,16,17)(H,18,19). The summed E-state index contributed by atoms with van der Waals surface area (Å²) >= 11 is 0. The summed E-state index contributed by atoms with van der Waals surface area (Å²) in [7, 11) is 0. The van der Waals surface area contributed by atoms with Gasteiger partial charge in [-0.25, -0.2) is 4.39 Å². The van der Waals surface area contributed by atoms with E-state index in [9.17, 15) is 9.18 Å². The van der Waals surface area contributed by atoms with E-state index in [4.69, 9.17) is 0 Å². The third-order valence-electron chi connectivity index (χ3n) is 2.57. The lowest BCUT2D eigenvalue weighted by atomic mass is 10.1. The summed E-state index contributed by atoms with van der Waals surface area (Å²) in [6, 6.07) is 4.42. The smallest absolute Gasteiger partial charge is 0.257 e. The second-order valence-corrected chi connectivity index (χ2v) is 4.03. The van der Waals surface area contributed by atoms with Crippen LogP contribution in [0.15, 0.2) is 30.6 Å². The molecule has 0 unspecified atom stereocenters. The van der Waals surface area contributed by atoms with Gasteiger partial charge in [0.05, 0.1) is 23.1 Å². The number of para-hydroxylation sites is 1. The topological polar surface area (TPSA) is 69.8 Å². The highest BCUT2D eigenvalue weighted by molar-refractivity contribution is 6.08. The molecule has 19 heavy (non-hydrogen) atoms. The molecular formula is C13H15FN4O. The van der Waals surface area contributed by atoms with E-state index in [1.807, 2.05) is 6.92 Å². The average Bonchev–Trinajstić information content (AvgIpc) is 2.90. The minimum atomic E-state index is -0.437. The van der Waals surface area contributed by atoms with Gasteiger partial charge < -0.3 is 10.6 Å². The minimum Gasteiger partial charge on any atom is -0.382 e. The molecule has 0 saturated heterocycles. The van der Waals surface area contributed by atoms with Gasteiger partial charge in [-0.1, -0.05) is 13.0 Å². The number of carbonyl (C=O) groups is 1. The number of amides is 1. The van der Waals surface area contributed by atoms with E-state index in [0.29, 0.717) is 12.2 Å². The van der Waals surface area contributed by atoms with Crippen LogP contribution < -0.4 is 10.6 Å². The number of aromatic nitrogens is 2. The van der Waals surface area contributed by atoms with Gasteiger partial charge in [0.25, 0.3) is 5.91 Å². The largest absolute Gasteiger partial charge is 0.382 e. The number of carbonyl (C=O) groups excluding carboxylic acids is 1. The number of halogens is 1. The molecule has 0 aliphatic carbocycles. The quantitative estimate of drug-likeness (QED) is 0.775. The van der Waals surface area contributed by atoms with Crippen molar-refractivity contribution in [2.45, 2.75) is 13.3 Å². The molecule has 0 atom stereocenters. The van der Waals surface area contributed by atoms with Crippen LogP contribution in [0.2, 0.25) is 0 Å². The van der Waals surface area contributed by atoms with Crippen molar-refractivity contribution < 1.29 is 9.18 Å². The zero-order chi connectivity index (χ0) is 13.7. The average molecular weight is 262 g/mol. The molecule has 0 bridgehead atoms. The lowest BCUT2D eigenvalue weighted by Crippen LogP contribution is -2.15. The molecule has 1 aromatic carbocycles. The molecule has 0 fully saturated rings. The molecule has 3 N–H and O–H groups in total. The van der Waals surface area contributed by atoms with Crippen molar-refractivity contribution in [2.75, 3.05) is 17.2 Å². The Bertz CT molecular complexity index is 554. The highest BCUT2D eigenvalue weighted by Crippen LogP contribution is 2.21. The highest BCUT2D eigenvalue weighted by Gasteiger charge is 2.15. The number of anilines is 2. The van der Waals surface area contributed by atoms with Crippen molar-refractivity contribution in [2.24, 2.45) is 0 Å². The van der Waals surface area contributed by atoms with E-state index >= 15 is 0 Å². The van der Waals surface area contributed by atoms with E-state index in [-0.39, 0.29) is 17.2 Å². The molecular weight excluding hydrogens is 247 g/mol. The number of hydrogen-bond acceptors (Lipinski definition) is 3. The maximum atomic E-state index is 13.8. The third kappa shape index (κ3) is 3.09. The Kier molecular flexibility index (Phi) is 4.12. The first-order chi connectivity index (χ1) is 9.22. The molecule has 0 aliphatic heterocycles. The van der Waals surface area contributed by atoms with Gasteiger partial charge in [-0.2, -0.15) is 5.10 Å². The summed E-state index contributed by atoms with van der Waals surface area (Å²) in [5.41, 5.74) is 1.04. The first-order valence-electron chi connectivity index (χ1n) is 6.05. The lowest BCUT2D eigenvalue weighted by molar-refractivity contribution is 0.102. The number of nitrogens with zero attached hydrogens (tertiary/aromatic N) is 1. The molecule has 0 radical (unpaired) electrons. The van der Waals surface area contributed by atoms with Crippen molar-refractivity contribution in [1.29, 1.82) is 0 Å². The molecule has 2 rings (SSSR count). The second kappa shape index (κ2) is 5.99. The summed E-state index contributed by atoms with van der Waals surface area (Å²) in [6.07, 6.45) is 3.88. The summed E-state index contributed by atoms with van der Waals surface area (Å²) in [5.74, 6) is -0.812. The molecule has 1 heterocycles. The predicted octanol–water partition coefficient (Wildman–Crippen LogP) is 2.62. The van der Waals surface area contributed by atoms with E-state index in [0.717, 1.165) is 6.42 Å². The van der Waals surface area contributed by atoms with Crippen molar-refractivity contribution in [3.63, 3.8) is 0 Å². The van der Waals surface area contributed by atoms with Crippen LogP contribution in [0.25, 0.3) is 0 Å². The minimum absolute atomic E-state index is 0.227. The van der Waals surface area contributed by atoms with Crippen LogP contribution in [-0.4, -0.2) is 22.6 Å². The van der Waals surface area contributed by atoms with Crippen LogP contribution >= 0.6 is 0 Å². The van der Waals surface area contributed by atoms with Crippen molar-refractivity contribution >= 4 is 17.3 Å². The highest BCUT2D eigenvalue weighted by atomic mass is 19.1. The Morgan fingerprint density at radius 3 is 3.00 bits per heavy atom. The normalized spacial score (nSPS) is 10.2. The maximum absolute atomic E-state index is 13.8. The molecule has 0 saturated carbocycles. The van der Waals surface area contributed by atoms with E-state index in [1.165, 1.54) is 18.3 Å². The number of nitrogens with one attached hydrogen (secondary N) is 3. The van der Waals surface area contributed by atoms with Gasteiger partial charge in [-0.15, -0.1) is 0 Å². The number of rotatable bonds is 5. The summed E-state index contributed by atoms with van der Waals surface area (Å²) in [5, 5.41) is 11.9. The zero-order valence-corrected chi connectivity index (χ0v) is 10.5. The predicted molar refractivity (Wildman–Crippen MR) is 71.7 cm³/mol. The molecule has 0 spiro atoms. The van der Waals surface area contributed by atoms with Crippen molar-refractivity contribution in [3.8, 4) is 0 Å². The van der Waals surface area contributed by atoms with Gasteiger partial charge in [0.15, 0.2) is 0 Å². The van der Waals surface area contributed by atoms with E-state index < -0.39 is 5.82 Å². The van der Waals surface area contributed by atoms with Crippen LogP contribution in [0, 0.1) is 5.82 Å². The SMILES string of the molecule is CCCNc1c(F)cccc1C(=O)Nc1cn[nH]c1. The Balaban J connectivity index is 2.22. The fourth-order valence-electron chi connectivity index (χ4n) is 1.66. The zero-order valence-electron chi connectivity index (χ0n) is 10.5. The van der Waals surface area contributed by atoms with Gasteiger partial charge in [-0.3, -0.25) is 9.89 Å². The Labute approximate surface area is 110 Å². The number of benzene rings is 1. The Morgan fingerprint density at radius 1 is 1.47 bits per heavy atom. The summed E-state index contributed by atoms with van der Waals surface area (Å²) in [6.45, 7) is 2.58. The van der Waals surface area contributed by atoms with E-state index in [1.54, 1.807) is 12.3 Å². The van der Waals surface area contributed by atoms with Crippen LogP contribution in [0.1, 0.15) is 23.7 Å². The monoisotopic (exact) mass is 262 g/mol.